The van der Waals surface area contributed by atoms with E-state index in [1.54, 1.807) is 0 Å². The van der Waals surface area contributed by atoms with Gasteiger partial charge in [0, 0.05) is 37.3 Å². The standard InChI is InChI=1S/C12H26N2O/c1-6-15-8-7-14-10-11(2,3)13-9-12(14,4)5/h13H,6-10H2,1-5H3. The lowest BCUT2D eigenvalue weighted by Crippen LogP contribution is -2.66. The molecule has 1 fully saturated rings. The normalized spacial score (nSPS) is 25.4. The summed E-state index contributed by atoms with van der Waals surface area (Å²) < 4.78 is 5.44. The lowest BCUT2D eigenvalue weighted by molar-refractivity contribution is 0.0128. The molecule has 1 heterocycles. The molecule has 0 atom stereocenters. The maximum Gasteiger partial charge on any atom is 0.0593 e. The summed E-state index contributed by atoms with van der Waals surface area (Å²) in [5.41, 5.74) is 0.467. The van der Waals surface area contributed by atoms with Gasteiger partial charge in [-0.05, 0) is 34.6 Å². The van der Waals surface area contributed by atoms with Crippen molar-refractivity contribution in [3.8, 4) is 0 Å². The first-order valence-electron chi connectivity index (χ1n) is 5.95. The van der Waals surface area contributed by atoms with Crippen molar-refractivity contribution < 1.29 is 4.74 Å². The van der Waals surface area contributed by atoms with Gasteiger partial charge in [-0.1, -0.05) is 0 Å². The van der Waals surface area contributed by atoms with Crippen LogP contribution in [0.1, 0.15) is 34.6 Å². The Labute approximate surface area is 94.2 Å². The smallest absolute Gasteiger partial charge is 0.0593 e. The second kappa shape index (κ2) is 4.81. The van der Waals surface area contributed by atoms with E-state index in [1.807, 2.05) is 6.92 Å². The van der Waals surface area contributed by atoms with Crippen molar-refractivity contribution in [1.82, 2.24) is 10.2 Å². The molecule has 1 saturated heterocycles. The van der Waals surface area contributed by atoms with Gasteiger partial charge < -0.3 is 10.1 Å². The molecule has 0 radical (unpaired) electrons. The molecule has 3 heteroatoms. The molecule has 3 nitrogen and oxygen atoms in total. The topological polar surface area (TPSA) is 24.5 Å². The Morgan fingerprint density at radius 2 is 1.93 bits per heavy atom. The monoisotopic (exact) mass is 214 g/mol. The number of nitrogens with one attached hydrogen (secondary N) is 1. The number of rotatable bonds is 4. The van der Waals surface area contributed by atoms with Gasteiger partial charge in [0.15, 0.2) is 0 Å². The summed E-state index contributed by atoms with van der Waals surface area (Å²) in [5, 5.41) is 3.59. The van der Waals surface area contributed by atoms with Gasteiger partial charge in [0.2, 0.25) is 0 Å². The molecular weight excluding hydrogens is 188 g/mol. The van der Waals surface area contributed by atoms with Crippen molar-refractivity contribution in [2.24, 2.45) is 0 Å². The van der Waals surface area contributed by atoms with E-state index in [1.165, 1.54) is 0 Å². The summed E-state index contributed by atoms with van der Waals surface area (Å²) in [5.74, 6) is 0. The third-order valence-corrected chi connectivity index (χ3v) is 3.15. The third kappa shape index (κ3) is 3.74. The van der Waals surface area contributed by atoms with E-state index < -0.39 is 0 Å². The van der Waals surface area contributed by atoms with Crippen LogP contribution in [0.2, 0.25) is 0 Å². The summed E-state index contributed by atoms with van der Waals surface area (Å²) in [6.45, 7) is 16.0. The van der Waals surface area contributed by atoms with Crippen molar-refractivity contribution in [3.05, 3.63) is 0 Å². The summed E-state index contributed by atoms with van der Waals surface area (Å²) in [6.07, 6.45) is 0. The summed E-state index contributed by atoms with van der Waals surface area (Å²) >= 11 is 0. The molecule has 0 unspecified atom stereocenters. The Morgan fingerprint density at radius 3 is 2.53 bits per heavy atom. The minimum absolute atomic E-state index is 0.224. The average molecular weight is 214 g/mol. The van der Waals surface area contributed by atoms with Gasteiger partial charge in [-0.2, -0.15) is 0 Å². The Morgan fingerprint density at radius 1 is 1.27 bits per heavy atom. The minimum atomic E-state index is 0.224. The number of hydrogen-bond acceptors (Lipinski definition) is 3. The van der Waals surface area contributed by atoms with Gasteiger partial charge in [-0.3, -0.25) is 4.90 Å². The van der Waals surface area contributed by atoms with E-state index in [-0.39, 0.29) is 11.1 Å². The second-order valence-corrected chi connectivity index (χ2v) is 5.67. The second-order valence-electron chi connectivity index (χ2n) is 5.67. The quantitative estimate of drug-likeness (QED) is 0.718. The summed E-state index contributed by atoms with van der Waals surface area (Å²) in [7, 11) is 0. The van der Waals surface area contributed by atoms with E-state index in [2.05, 4.69) is 37.9 Å². The van der Waals surface area contributed by atoms with E-state index in [0.29, 0.717) is 0 Å². The SMILES string of the molecule is CCOCCN1CC(C)(C)NCC1(C)C. The van der Waals surface area contributed by atoms with Crippen LogP contribution in [0.3, 0.4) is 0 Å². The number of piperazine rings is 1. The zero-order valence-corrected chi connectivity index (χ0v) is 10.9. The summed E-state index contributed by atoms with van der Waals surface area (Å²) in [4.78, 5) is 2.53. The Kier molecular flexibility index (Phi) is 4.15. The largest absolute Gasteiger partial charge is 0.380 e. The van der Waals surface area contributed by atoms with Crippen LogP contribution in [-0.4, -0.2) is 48.8 Å². The highest BCUT2D eigenvalue weighted by atomic mass is 16.5. The van der Waals surface area contributed by atoms with Crippen LogP contribution in [0.15, 0.2) is 0 Å². The predicted molar refractivity (Wildman–Crippen MR) is 64.2 cm³/mol. The molecule has 0 aromatic carbocycles. The molecule has 15 heavy (non-hydrogen) atoms. The van der Waals surface area contributed by atoms with Crippen LogP contribution in [0.5, 0.6) is 0 Å². The Balaban J connectivity index is 2.49. The molecule has 1 aliphatic rings. The van der Waals surface area contributed by atoms with Crippen LogP contribution < -0.4 is 5.32 Å². The van der Waals surface area contributed by atoms with Gasteiger partial charge >= 0.3 is 0 Å². The highest BCUT2D eigenvalue weighted by Gasteiger charge is 2.36. The first-order valence-corrected chi connectivity index (χ1v) is 5.95. The highest BCUT2D eigenvalue weighted by Crippen LogP contribution is 2.22. The fraction of sp³-hybridized carbons (Fsp3) is 1.00. The molecule has 1 N–H and O–H groups in total. The van der Waals surface area contributed by atoms with E-state index in [9.17, 15) is 0 Å². The van der Waals surface area contributed by atoms with E-state index in [4.69, 9.17) is 4.74 Å². The zero-order chi connectivity index (χ0) is 11.5. The molecular formula is C12H26N2O. The fourth-order valence-electron chi connectivity index (χ4n) is 2.02. The zero-order valence-electron chi connectivity index (χ0n) is 10.9. The molecule has 0 aromatic rings. The number of nitrogens with zero attached hydrogens (tertiary/aromatic N) is 1. The maximum absolute atomic E-state index is 5.44. The van der Waals surface area contributed by atoms with Gasteiger partial charge in [-0.15, -0.1) is 0 Å². The average Bonchev–Trinajstić information content (AvgIpc) is 2.12. The third-order valence-electron chi connectivity index (χ3n) is 3.15. The van der Waals surface area contributed by atoms with Crippen LogP contribution in [0, 0.1) is 0 Å². The number of ether oxygens (including phenoxy) is 1. The van der Waals surface area contributed by atoms with Gasteiger partial charge in [0.05, 0.1) is 6.61 Å². The molecule has 0 aliphatic carbocycles. The van der Waals surface area contributed by atoms with Crippen LogP contribution >= 0.6 is 0 Å². The lowest BCUT2D eigenvalue weighted by Gasteiger charge is -2.49. The predicted octanol–water partition coefficient (Wildman–Crippen LogP) is 1.49. The van der Waals surface area contributed by atoms with Crippen molar-refractivity contribution in [2.75, 3.05) is 32.8 Å². The van der Waals surface area contributed by atoms with Gasteiger partial charge in [0.25, 0.3) is 0 Å². The van der Waals surface area contributed by atoms with Crippen molar-refractivity contribution >= 4 is 0 Å². The molecule has 0 bridgehead atoms. The van der Waals surface area contributed by atoms with Crippen molar-refractivity contribution in [2.45, 2.75) is 45.7 Å². The van der Waals surface area contributed by atoms with E-state index >= 15 is 0 Å². The molecule has 0 spiro atoms. The molecule has 90 valence electrons. The first-order chi connectivity index (χ1) is 6.87. The molecule has 1 aliphatic heterocycles. The van der Waals surface area contributed by atoms with Crippen LogP contribution in [0.4, 0.5) is 0 Å². The molecule has 0 saturated carbocycles. The van der Waals surface area contributed by atoms with Crippen molar-refractivity contribution in [3.63, 3.8) is 0 Å². The van der Waals surface area contributed by atoms with Crippen LogP contribution in [-0.2, 0) is 4.74 Å². The highest BCUT2D eigenvalue weighted by molar-refractivity contribution is 4.97. The Bertz CT molecular complexity index is 202. The number of hydrogen-bond donors (Lipinski definition) is 1. The molecule has 1 rings (SSSR count). The van der Waals surface area contributed by atoms with Gasteiger partial charge in [-0.25, -0.2) is 0 Å². The van der Waals surface area contributed by atoms with E-state index in [0.717, 1.165) is 32.8 Å². The lowest BCUT2D eigenvalue weighted by atomic mass is 9.91. The maximum atomic E-state index is 5.44. The fourth-order valence-corrected chi connectivity index (χ4v) is 2.02. The summed E-state index contributed by atoms with van der Waals surface area (Å²) in [6, 6.07) is 0. The molecule has 0 aromatic heterocycles. The Hall–Kier alpha value is -0.120. The van der Waals surface area contributed by atoms with Crippen molar-refractivity contribution in [1.29, 1.82) is 0 Å². The van der Waals surface area contributed by atoms with Crippen LogP contribution in [0.25, 0.3) is 0 Å². The first kappa shape index (κ1) is 12.9. The van der Waals surface area contributed by atoms with Gasteiger partial charge in [0.1, 0.15) is 0 Å². The molecule has 0 amide bonds. The minimum Gasteiger partial charge on any atom is -0.380 e.